The molecule has 0 spiro atoms. The molecule has 0 aliphatic carbocycles. The van der Waals surface area contributed by atoms with Crippen LogP contribution in [0.15, 0.2) is 0 Å². The van der Waals surface area contributed by atoms with Gasteiger partial charge in [-0.3, -0.25) is 14.4 Å². The molecule has 0 rings (SSSR count). The van der Waals surface area contributed by atoms with Crippen molar-refractivity contribution in [1.82, 2.24) is 5.32 Å². The highest BCUT2D eigenvalue weighted by Crippen LogP contribution is 2.11. The Bertz CT molecular complexity index is 433. The molecule has 0 heterocycles. The van der Waals surface area contributed by atoms with Crippen molar-refractivity contribution in [3.05, 3.63) is 0 Å². The van der Waals surface area contributed by atoms with E-state index in [2.05, 4.69) is 12.2 Å². The van der Waals surface area contributed by atoms with E-state index in [4.69, 9.17) is 21.7 Å². The number of carbonyl (C=O) groups excluding carboxylic acids is 1. The van der Waals surface area contributed by atoms with Gasteiger partial charge < -0.3 is 27.0 Å². The quantitative estimate of drug-likeness (QED) is 0.196. The third-order valence-electron chi connectivity index (χ3n) is 4.73. The predicted molar refractivity (Wildman–Crippen MR) is 120 cm³/mol. The van der Waals surface area contributed by atoms with Crippen LogP contribution < -0.4 is 16.8 Å². The lowest BCUT2D eigenvalue weighted by Gasteiger charge is -2.03. The summed E-state index contributed by atoms with van der Waals surface area (Å²) in [6.07, 6.45) is 16.4. The van der Waals surface area contributed by atoms with Crippen molar-refractivity contribution in [3.63, 3.8) is 0 Å². The van der Waals surface area contributed by atoms with Gasteiger partial charge in [-0.2, -0.15) is 0 Å². The molecule has 7 N–H and O–H groups in total. The van der Waals surface area contributed by atoms with Crippen LogP contribution in [0.3, 0.4) is 0 Å². The van der Waals surface area contributed by atoms with Gasteiger partial charge in [-0.1, -0.05) is 77.6 Å². The van der Waals surface area contributed by atoms with E-state index < -0.39 is 18.0 Å². The Morgan fingerprint density at radius 1 is 0.800 bits per heavy atom. The molecule has 0 aromatic rings. The van der Waals surface area contributed by atoms with Gasteiger partial charge in [-0.15, -0.1) is 0 Å². The second-order valence-corrected chi connectivity index (χ2v) is 7.69. The van der Waals surface area contributed by atoms with E-state index >= 15 is 0 Å². The van der Waals surface area contributed by atoms with Crippen molar-refractivity contribution in [2.24, 2.45) is 11.5 Å². The first-order chi connectivity index (χ1) is 14.3. The summed E-state index contributed by atoms with van der Waals surface area (Å²) in [6.45, 7) is 2.57. The fraction of sp³-hybridized carbons (Fsp3) is 0.864. The summed E-state index contributed by atoms with van der Waals surface area (Å²) < 4.78 is 0. The number of hydrogen-bond acceptors (Lipinski definition) is 5. The highest BCUT2D eigenvalue weighted by molar-refractivity contribution is 5.80. The van der Waals surface area contributed by atoms with E-state index in [1.54, 1.807) is 0 Å². The summed E-state index contributed by atoms with van der Waals surface area (Å²) in [5.41, 5.74) is 10.4. The highest BCUT2D eigenvalue weighted by atomic mass is 16.4. The molecule has 0 aliphatic heterocycles. The van der Waals surface area contributed by atoms with Gasteiger partial charge >= 0.3 is 11.9 Å². The van der Waals surface area contributed by atoms with Crippen LogP contribution in [0.5, 0.6) is 0 Å². The molecule has 0 saturated heterocycles. The van der Waals surface area contributed by atoms with Gasteiger partial charge in [0.25, 0.3) is 0 Å². The maximum absolute atomic E-state index is 11.2. The van der Waals surface area contributed by atoms with Gasteiger partial charge in [0.1, 0.15) is 12.6 Å². The minimum atomic E-state index is -0.989. The summed E-state index contributed by atoms with van der Waals surface area (Å²) >= 11 is 0. The Kier molecular flexibility index (Phi) is 24.0. The van der Waals surface area contributed by atoms with E-state index in [0.717, 1.165) is 25.7 Å². The molecule has 0 aliphatic rings. The van der Waals surface area contributed by atoms with Gasteiger partial charge in [0.15, 0.2) is 0 Å². The molecule has 8 nitrogen and oxygen atoms in total. The van der Waals surface area contributed by atoms with Crippen LogP contribution >= 0.6 is 0 Å². The number of carboxylic acid groups (broad SMARTS) is 2. The average molecular weight is 432 g/mol. The Morgan fingerprint density at radius 2 is 1.30 bits per heavy atom. The van der Waals surface area contributed by atoms with Crippen molar-refractivity contribution in [2.45, 2.75) is 109 Å². The number of hydrogen-bond donors (Lipinski definition) is 5. The van der Waals surface area contributed by atoms with Crippen molar-refractivity contribution < 1.29 is 24.6 Å². The Balaban J connectivity index is 0. The van der Waals surface area contributed by atoms with E-state index in [1.807, 2.05) is 0 Å². The highest BCUT2D eigenvalue weighted by Gasteiger charge is 2.09. The van der Waals surface area contributed by atoms with Crippen LogP contribution in [-0.2, 0) is 14.4 Å². The largest absolute Gasteiger partial charge is 0.480 e. The number of nitrogens with one attached hydrogen (secondary N) is 1. The molecule has 0 radical (unpaired) electrons. The van der Waals surface area contributed by atoms with Crippen molar-refractivity contribution in [1.29, 1.82) is 0 Å². The number of carboxylic acids is 2. The lowest BCUT2D eigenvalue weighted by Crippen LogP contribution is -2.29. The van der Waals surface area contributed by atoms with Gasteiger partial charge in [0, 0.05) is 6.42 Å². The number of aliphatic carboxylic acids is 2. The predicted octanol–water partition coefficient (Wildman–Crippen LogP) is 3.42. The first kappa shape index (κ1) is 30.5. The molecule has 1 atom stereocenters. The Hall–Kier alpha value is -1.67. The van der Waals surface area contributed by atoms with Gasteiger partial charge in [0.05, 0.1) is 0 Å². The van der Waals surface area contributed by atoms with Crippen LogP contribution in [0.2, 0.25) is 0 Å². The Labute approximate surface area is 182 Å². The number of nitrogens with two attached hydrogens (primary N) is 2. The minimum absolute atomic E-state index is 0.150. The fourth-order valence-electron chi connectivity index (χ4n) is 2.84. The maximum atomic E-state index is 11.2. The number of carbonyl (C=O) groups is 3. The van der Waals surface area contributed by atoms with Crippen LogP contribution in [-0.4, -0.2) is 47.2 Å². The topological polar surface area (TPSA) is 156 Å². The number of amides is 1. The third kappa shape index (κ3) is 26.3. The number of unbranched alkanes of at least 4 members (excludes halogenated alkanes) is 11. The Morgan fingerprint density at radius 3 is 1.73 bits per heavy atom. The van der Waals surface area contributed by atoms with Crippen LogP contribution in [0.25, 0.3) is 0 Å². The summed E-state index contributed by atoms with van der Waals surface area (Å²) in [7, 11) is 0. The molecule has 0 bridgehead atoms. The first-order valence-electron chi connectivity index (χ1n) is 11.5. The second-order valence-electron chi connectivity index (χ2n) is 7.69. The van der Waals surface area contributed by atoms with Gasteiger partial charge in [-0.25, -0.2) is 0 Å². The van der Waals surface area contributed by atoms with Crippen molar-refractivity contribution in [2.75, 3.05) is 13.1 Å². The van der Waals surface area contributed by atoms with Crippen LogP contribution in [0.1, 0.15) is 103 Å². The second kappa shape index (κ2) is 23.6. The zero-order valence-corrected chi connectivity index (χ0v) is 18.9. The molecule has 0 aromatic carbocycles. The fourth-order valence-corrected chi connectivity index (χ4v) is 2.84. The third-order valence-corrected chi connectivity index (χ3v) is 4.73. The van der Waals surface area contributed by atoms with E-state index in [0.29, 0.717) is 19.4 Å². The molecule has 30 heavy (non-hydrogen) atoms. The van der Waals surface area contributed by atoms with Gasteiger partial charge in [-0.05, 0) is 25.8 Å². The standard InChI is InChI=1S/C16H31NO3.C6H14N2O2/c1-2-3-4-5-6-7-8-9-10-11-12-13-15(18)17-14-16(19)20;7-4-2-1-3-5(8)6(9)10/h2-14H2,1H3,(H,17,18)(H,19,20);5H,1-4,7-8H2,(H,9,10)/t;5-/m.0/s1. The lowest BCUT2D eigenvalue weighted by atomic mass is 10.1. The van der Waals surface area contributed by atoms with Crippen LogP contribution in [0.4, 0.5) is 0 Å². The zero-order chi connectivity index (χ0) is 23.0. The lowest BCUT2D eigenvalue weighted by molar-refractivity contribution is -0.139. The minimum Gasteiger partial charge on any atom is -0.480 e. The molecule has 8 heteroatoms. The normalized spacial score (nSPS) is 11.3. The summed E-state index contributed by atoms with van der Waals surface area (Å²) in [6, 6.07) is -0.716. The molecular weight excluding hydrogens is 386 g/mol. The summed E-state index contributed by atoms with van der Waals surface area (Å²) in [5, 5.41) is 19.1. The summed E-state index contributed by atoms with van der Waals surface area (Å²) in [5.74, 6) is -2.07. The molecule has 178 valence electrons. The first-order valence-corrected chi connectivity index (χ1v) is 11.5. The average Bonchev–Trinajstić information content (AvgIpc) is 2.71. The van der Waals surface area contributed by atoms with E-state index in [1.165, 1.54) is 57.8 Å². The molecule has 0 aromatic heterocycles. The molecule has 1 amide bonds. The van der Waals surface area contributed by atoms with E-state index in [9.17, 15) is 14.4 Å². The zero-order valence-electron chi connectivity index (χ0n) is 18.9. The van der Waals surface area contributed by atoms with Crippen molar-refractivity contribution in [3.8, 4) is 0 Å². The van der Waals surface area contributed by atoms with Crippen molar-refractivity contribution >= 4 is 17.8 Å². The smallest absolute Gasteiger partial charge is 0.322 e. The molecule has 0 unspecified atom stereocenters. The number of rotatable bonds is 19. The molecule has 0 saturated carbocycles. The summed E-state index contributed by atoms with van der Waals surface area (Å²) in [4.78, 5) is 31.6. The SMILES string of the molecule is CCCCCCCCCCCCCC(=O)NCC(=O)O.NCCCC[C@H](N)C(=O)O. The van der Waals surface area contributed by atoms with E-state index in [-0.39, 0.29) is 12.5 Å². The monoisotopic (exact) mass is 431 g/mol. The molecule has 0 fully saturated rings. The maximum Gasteiger partial charge on any atom is 0.322 e. The molecular formula is C22H45N3O5. The van der Waals surface area contributed by atoms with Crippen LogP contribution in [0, 0.1) is 0 Å². The van der Waals surface area contributed by atoms with Gasteiger partial charge in [0.2, 0.25) is 5.91 Å².